The van der Waals surface area contributed by atoms with E-state index in [0.29, 0.717) is 5.75 Å². The van der Waals surface area contributed by atoms with Crippen molar-refractivity contribution >= 4 is 29.2 Å². The van der Waals surface area contributed by atoms with Crippen LogP contribution in [0.3, 0.4) is 0 Å². The number of phenolic OH excluding ortho intramolecular Hbond substituents is 1. The summed E-state index contributed by atoms with van der Waals surface area (Å²) < 4.78 is 6.33. The Labute approximate surface area is 109 Å². The summed E-state index contributed by atoms with van der Waals surface area (Å²) in [6.07, 6.45) is 1.95. The molecule has 2 rings (SSSR count). The SMILES string of the molecule is COc1cc(O)cc(/C=C/Sc2cccs2)c1. The Morgan fingerprint density at radius 2 is 2.24 bits per heavy atom. The second-order valence-corrected chi connectivity index (χ2v) is 5.47. The predicted octanol–water partition coefficient (Wildman–Crippen LogP) is 4.23. The van der Waals surface area contributed by atoms with Crippen LogP contribution in [0.25, 0.3) is 6.08 Å². The first kappa shape index (κ1) is 12.1. The quantitative estimate of drug-likeness (QED) is 0.838. The first-order chi connectivity index (χ1) is 8.28. The molecule has 0 amide bonds. The largest absolute Gasteiger partial charge is 0.508 e. The van der Waals surface area contributed by atoms with Gasteiger partial charge in [-0.2, -0.15) is 0 Å². The fourth-order valence-electron chi connectivity index (χ4n) is 1.33. The number of rotatable bonds is 4. The van der Waals surface area contributed by atoms with Gasteiger partial charge in [0.25, 0.3) is 0 Å². The van der Waals surface area contributed by atoms with Crippen molar-refractivity contribution in [2.45, 2.75) is 4.21 Å². The lowest BCUT2D eigenvalue weighted by molar-refractivity contribution is 0.407. The number of hydrogen-bond donors (Lipinski definition) is 1. The van der Waals surface area contributed by atoms with Gasteiger partial charge in [0, 0.05) is 6.07 Å². The molecule has 0 spiro atoms. The molecule has 2 nitrogen and oxygen atoms in total. The van der Waals surface area contributed by atoms with Crippen LogP contribution in [0.2, 0.25) is 0 Å². The molecule has 17 heavy (non-hydrogen) atoms. The summed E-state index contributed by atoms with van der Waals surface area (Å²) in [5, 5.41) is 13.5. The lowest BCUT2D eigenvalue weighted by atomic mass is 10.2. The highest BCUT2D eigenvalue weighted by molar-refractivity contribution is 8.04. The van der Waals surface area contributed by atoms with E-state index < -0.39 is 0 Å². The molecule has 1 aromatic heterocycles. The minimum absolute atomic E-state index is 0.213. The number of aromatic hydroxyl groups is 1. The minimum Gasteiger partial charge on any atom is -0.508 e. The summed E-state index contributed by atoms with van der Waals surface area (Å²) in [5.41, 5.74) is 0.922. The molecule has 0 radical (unpaired) electrons. The first-order valence-corrected chi connectivity index (χ1v) is 6.78. The van der Waals surface area contributed by atoms with Crippen molar-refractivity contribution in [1.29, 1.82) is 0 Å². The second-order valence-electron chi connectivity index (χ2n) is 3.32. The van der Waals surface area contributed by atoms with Gasteiger partial charge in [0.15, 0.2) is 0 Å². The van der Waals surface area contributed by atoms with Crippen LogP contribution in [0.5, 0.6) is 11.5 Å². The number of thioether (sulfide) groups is 1. The van der Waals surface area contributed by atoms with Gasteiger partial charge in [-0.15, -0.1) is 11.3 Å². The standard InChI is InChI=1S/C13H12O2S2/c1-15-12-8-10(7-11(14)9-12)4-6-17-13-3-2-5-16-13/h2-9,14H,1H3/b6-4+. The zero-order chi connectivity index (χ0) is 12.1. The molecule has 0 aliphatic carbocycles. The molecule has 2 aromatic rings. The molecule has 0 fully saturated rings. The topological polar surface area (TPSA) is 29.5 Å². The van der Waals surface area contributed by atoms with Crippen LogP contribution in [0.1, 0.15) is 5.56 Å². The van der Waals surface area contributed by atoms with Crippen molar-refractivity contribution in [2.75, 3.05) is 7.11 Å². The maximum Gasteiger partial charge on any atom is 0.123 e. The van der Waals surface area contributed by atoms with Crippen molar-refractivity contribution in [1.82, 2.24) is 0 Å². The number of phenols is 1. The first-order valence-electron chi connectivity index (χ1n) is 5.03. The lowest BCUT2D eigenvalue weighted by Crippen LogP contribution is -1.83. The van der Waals surface area contributed by atoms with E-state index in [2.05, 4.69) is 6.07 Å². The Morgan fingerprint density at radius 3 is 2.94 bits per heavy atom. The average Bonchev–Trinajstić information content (AvgIpc) is 2.81. The molecule has 0 saturated carbocycles. The predicted molar refractivity (Wildman–Crippen MR) is 73.9 cm³/mol. The van der Waals surface area contributed by atoms with Gasteiger partial charge in [-0.3, -0.25) is 0 Å². The molecule has 0 atom stereocenters. The highest BCUT2D eigenvalue weighted by Crippen LogP contribution is 2.27. The molecule has 88 valence electrons. The van der Waals surface area contributed by atoms with E-state index in [9.17, 15) is 5.11 Å². The van der Waals surface area contributed by atoms with Crippen LogP contribution in [0.15, 0.2) is 45.3 Å². The van der Waals surface area contributed by atoms with E-state index in [4.69, 9.17) is 4.74 Å². The maximum absolute atomic E-state index is 9.49. The van der Waals surface area contributed by atoms with Crippen LogP contribution in [0, 0.1) is 0 Å². The zero-order valence-electron chi connectivity index (χ0n) is 9.29. The second kappa shape index (κ2) is 5.80. The molecule has 0 unspecified atom stereocenters. The average molecular weight is 264 g/mol. The van der Waals surface area contributed by atoms with Gasteiger partial charge in [-0.1, -0.05) is 17.8 Å². The van der Waals surface area contributed by atoms with Crippen LogP contribution in [-0.2, 0) is 0 Å². The van der Waals surface area contributed by atoms with Gasteiger partial charge in [0.05, 0.1) is 11.3 Å². The van der Waals surface area contributed by atoms with Crippen molar-refractivity contribution in [3.63, 3.8) is 0 Å². The number of benzene rings is 1. The smallest absolute Gasteiger partial charge is 0.123 e. The van der Waals surface area contributed by atoms with Crippen molar-refractivity contribution in [3.8, 4) is 11.5 Å². The van der Waals surface area contributed by atoms with Crippen LogP contribution < -0.4 is 4.74 Å². The van der Waals surface area contributed by atoms with E-state index in [1.54, 1.807) is 42.3 Å². The van der Waals surface area contributed by atoms with E-state index in [1.807, 2.05) is 29.0 Å². The molecular weight excluding hydrogens is 252 g/mol. The number of hydrogen-bond acceptors (Lipinski definition) is 4. The third-order valence-electron chi connectivity index (χ3n) is 2.09. The summed E-state index contributed by atoms with van der Waals surface area (Å²) in [7, 11) is 1.59. The molecule has 0 aliphatic rings. The van der Waals surface area contributed by atoms with Gasteiger partial charge in [-0.25, -0.2) is 0 Å². The molecule has 0 aliphatic heterocycles. The van der Waals surface area contributed by atoms with Gasteiger partial charge in [0.2, 0.25) is 0 Å². The molecular formula is C13H12O2S2. The Hall–Kier alpha value is -1.39. The van der Waals surface area contributed by atoms with Crippen LogP contribution in [0.4, 0.5) is 0 Å². The summed E-state index contributed by atoms with van der Waals surface area (Å²) in [6, 6.07) is 9.27. The van der Waals surface area contributed by atoms with Gasteiger partial charge in [-0.05, 0) is 40.6 Å². The molecule has 4 heteroatoms. The third kappa shape index (κ3) is 3.54. The number of ether oxygens (including phenoxy) is 1. The van der Waals surface area contributed by atoms with Gasteiger partial charge < -0.3 is 9.84 Å². The van der Waals surface area contributed by atoms with Crippen molar-refractivity contribution < 1.29 is 9.84 Å². The monoisotopic (exact) mass is 264 g/mol. The third-order valence-corrected chi connectivity index (χ3v) is 3.97. The van der Waals surface area contributed by atoms with Crippen molar-refractivity contribution in [3.05, 3.63) is 46.7 Å². The van der Waals surface area contributed by atoms with Crippen LogP contribution in [-0.4, -0.2) is 12.2 Å². The zero-order valence-corrected chi connectivity index (χ0v) is 10.9. The fourth-order valence-corrected chi connectivity index (χ4v) is 2.85. The van der Waals surface area contributed by atoms with Gasteiger partial charge in [0.1, 0.15) is 11.5 Å². The van der Waals surface area contributed by atoms with E-state index in [-0.39, 0.29) is 5.75 Å². The molecule has 0 saturated heterocycles. The Morgan fingerprint density at radius 1 is 1.35 bits per heavy atom. The summed E-state index contributed by atoms with van der Waals surface area (Å²) in [5.74, 6) is 0.871. The Balaban J connectivity index is 2.07. The number of methoxy groups -OCH3 is 1. The van der Waals surface area contributed by atoms with Crippen LogP contribution >= 0.6 is 23.1 Å². The summed E-state index contributed by atoms with van der Waals surface area (Å²) in [4.78, 5) is 0. The Bertz CT molecular complexity index is 504. The lowest BCUT2D eigenvalue weighted by Gasteiger charge is -2.02. The fraction of sp³-hybridized carbons (Fsp3) is 0.0769. The van der Waals surface area contributed by atoms with Gasteiger partial charge >= 0.3 is 0 Å². The number of thiophene rings is 1. The molecule has 1 aromatic carbocycles. The summed E-state index contributed by atoms with van der Waals surface area (Å²) in [6.45, 7) is 0. The molecule has 1 N–H and O–H groups in total. The van der Waals surface area contributed by atoms with E-state index in [1.165, 1.54) is 4.21 Å². The molecule has 1 heterocycles. The van der Waals surface area contributed by atoms with Crippen molar-refractivity contribution in [2.24, 2.45) is 0 Å². The molecule has 0 bridgehead atoms. The minimum atomic E-state index is 0.213. The maximum atomic E-state index is 9.49. The Kier molecular flexibility index (Phi) is 4.12. The normalized spacial score (nSPS) is 10.9. The van der Waals surface area contributed by atoms with E-state index in [0.717, 1.165) is 5.56 Å². The van der Waals surface area contributed by atoms with E-state index >= 15 is 0 Å². The summed E-state index contributed by atoms with van der Waals surface area (Å²) >= 11 is 3.36. The highest BCUT2D eigenvalue weighted by Gasteiger charge is 1.97. The highest BCUT2D eigenvalue weighted by atomic mass is 32.2.